The lowest BCUT2D eigenvalue weighted by atomic mass is 10.0. The van der Waals surface area contributed by atoms with Crippen molar-refractivity contribution in [2.45, 2.75) is 20.4 Å². The molecule has 0 radical (unpaired) electrons. The van der Waals surface area contributed by atoms with Gasteiger partial charge in [-0.1, -0.05) is 30.7 Å². The Labute approximate surface area is 119 Å². The van der Waals surface area contributed by atoms with Gasteiger partial charge in [-0.25, -0.2) is 4.39 Å². The second kappa shape index (κ2) is 6.53. The fraction of sp³-hybridized carbons (Fsp3) is 0.294. The van der Waals surface area contributed by atoms with Crippen molar-refractivity contribution in [1.29, 1.82) is 0 Å². The standard InChI is InChI=1S/C17H20FNO/c1-4-19-11-14-7-6-13(10-16(14)18)15-9-12(2)5-8-17(15)20-3/h5-10,19H,4,11H2,1-3H3. The van der Waals surface area contributed by atoms with E-state index in [9.17, 15) is 4.39 Å². The van der Waals surface area contributed by atoms with Gasteiger partial charge in [0.15, 0.2) is 0 Å². The largest absolute Gasteiger partial charge is 0.496 e. The normalized spacial score (nSPS) is 10.6. The summed E-state index contributed by atoms with van der Waals surface area (Å²) in [6.45, 7) is 5.39. The molecule has 0 fully saturated rings. The highest BCUT2D eigenvalue weighted by atomic mass is 19.1. The van der Waals surface area contributed by atoms with Gasteiger partial charge < -0.3 is 10.1 Å². The van der Waals surface area contributed by atoms with Crippen LogP contribution in [0.3, 0.4) is 0 Å². The van der Waals surface area contributed by atoms with Crippen molar-refractivity contribution in [2.75, 3.05) is 13.7 Å². The van der Waals surface area contributed by atoms with E-state index in [1.165, 1.54) is 0 Å². The van der Waals surface area contributed by atoms with Crippen molar-refractivity contribution in [1.82, 2.24) is 5.32 Å². The molecule has 0 heterocycles. The maximum Gasteiger partial charge on any atom is 0.128 e. The van der Waals surface area contributed by atoms with E-state index in [-0.39, 0.29) is 5.82 Å². The molecule has 0 atom stereocenters. The summed E-state index contributed by atoms with van der Waals surface area (Å²) in [4.78, 5) is 0. The van der Waals surface area contributed by atoms with E-state index in [1.54, 1.807) is 13.2 Å². The molecular weight excluding hydrogens is 253 g/mol. The van der Waals surface area contributed by atoms with Crippen molar-refractivity contribution in [3.8, 4) is 16.9 Å². The van der Waals surface area contributed by atoms with Crippen LogP contribution < -0.4 is 10.1 Å². The molecule has 2 aromatic rings. The number of rotatable bonds is 5. The number of ether oxygens (including phenoxy) is 1. The van der Waals surface area contributed by atoms with Crippen LogP contribution >= 0.6 is 0 Å². The van der Waals surface area contributed by atoms with Crippen molar-refractivity contribution < 1.29 is 9.13 Å². The maximum atomic E-state index is 14.1. The first-order valence-corrected chi connectivity index (χ1v) is 6.80. The predicted octanol–water partition coefficient (Wildman–Crippen LogP) is 3.92. The molecular formula is C17H20FNO. The second-order valence-corrected chi connectivity index (χ2v) is 4.79. The van der Waals surface area contributed by atoms with E-state index >= 15 is 0 Å². The fourth-order valence-electron chi connectivity index (χ4n) is 2.17. The monoisotopic (exact) mass is 273 g/mol. The van der Waals surface area contributed by atoms with Gasteiger partial charge in [-0.15, -0.1) is 0 Å². The highest BCUT2D eigenvalue weighted by Crippen LogP contribution is 2.31. The third-order valence-corrected chi connectivity index (χ3v) is 3.28. The van der Waals surface area contributed by atoms with Gasteiger partial charge in [0, 0.05) is 17.7 Å². The van der Waals surface area contributed by atoms with Gasteiger partial charge in [0.2, 0.25) is 0 Å². The van der Waals surface area contributed by atoms with Crippen LogP contribution in [-0.4, -0.2) is 13.7 Å². The summed E-state index contributed by atoms with van der Waals surface area (Å²) in [5, 5.41) is 3.13. The van der Waals surface area contributed by atoms with E-state index in [2.05, 4.69) is 5.32 Å². The number of nitrogens with one attached hydrogen (secondary N) is 1. The van der Waals surface area contributed by atoms with Crippen LogP contribution in [0, 0.1) is 12.7 Å². The minimum atomic E-state index is -0.188. The molecule has 0 aliphatic heterocycles. The summed E-state index contributed by atoms with van der Waals surface area (Å²) in [5.41, 5.74) is 3.56. The lowest BCUT2D eigenvalue weighted by Gasteiger charge is -2.11. The summed E-state index contributed by atoms with van der Waals surface area (Å²) in [6.07, 6.45) is 0. The first-order valence-electron chi connectivity index (χ1n) is 6.80. The minimum absolute atomic E-state index is 0.188. The Hall–Kier alpha value is -1.87. The Balaban J connectivity index is 2.38. The van der Waals surface area contributed by atoms with Gasteiger partial charge >= 0.3 is 0 Å². The Kier molecular flexibility index (Phi) is 4.74. The van der Waals surface area contributed by atoms with E-state index in [1.807, 2.05) is 44.2 Å². The molecule has 1 N–H and O–H groups in total. The zero-order chi connectivity index (χ0) is 14.5. The zero-order valence-electron chi connectivity index (χ0n) is 12.2. The Bertz CT molecular complexity index is 596. The van der Waals surface area contributed by atoms with E-state index < -0.39 is 0 Å². The predicted molar refractivity (Wildman–Crippen MR) is 80.5 cm³/mol. The van der Waals surface area contributed by atoms with Gasteiger partial charge in [-0.3, -0.25) is 0 Å². The quantitative estimate of drug-likeness (QED) is 0.891. The molecule has 0 unspecified atom stereocenters. The van der Waals surface area contributed by atoms with Gasteiger partial charge in [0.25, 0.3) is 0 Å². The van der Waals surface area contributed by atoms with Crippen LogP contribution in [0.4, 0.5) is 4.39 Å². The third kappa shape index (κ3) is 3.17. The molecule has 0 aliphatic rings. The average Bonchev–Trinajstić information content (AvgIpc) is 2.46. The molecule has 0 spiro atoms. The molecule has 0 aromatic heterocycles. The number of hydrogen-bond donors (Lipinski definition) is 1. The summed E-state index contributed by atoms with van der Waals surface area (Å²) < 4.78 is 19.5. The lowest BCUT2D eigenvalue weighted by molar-refractivity contribution is 0.416. The van der Waals surface area contributed by atoms with Crippen LogP contribution in [0.5, 0.6) is 5.75 Å². The van der Waals surface area contributed by atoms with Crippen LogP contribution in [0.2, 0.25) is 0 Å². The third-order valence-electron chi connectivity index (χ3n) is 3.28. The number of methoxy groups -OCH3 is 1. The maximum absolute atomic E-state index is 14.1. The first-order chi connectivity index (χ1) is 9.65. The topological polar surface area (TPSA) is 21.3 Å². The Morgan fingerprint density at radius 1 is 1.15 bits per heavy atom. The molecule has 20 heavy (non-hydrogen) atoms. The van der Waals surface area contributed by atoms with Crippen molar-refractivity contribution in [2.24, 2.45) is 0 Å². The van der Waals surface area contributed by atoms with Gasteiger partial charge in [0.05, 0.1) is 7.11 Å². The van der Waals surface area contributed by atoms with Crippen molar-refractivity contribution in [3.63, 3.8) is 0 Å². The molecule has 0 saturated carbocycles. The zero-order valence-corrected chi connectivity index (χ0v) is 12.2. The summed E-state index contributed by atoms with van der Waals surface area (Å²) >= 11 is 0. The molecule has 2 aromatic carbocycles. The van der Waals surface area contributed by atoms with Crippen molar-refractivity contribution >= 4 is 0 Å². The van der Waals surface area contributed by atoms with E-state index in [0.29, 0.717) is 12.1 Å². The van der Waals surface area contributed by atoms with Gasteiger partial charge in [-0.05, 0) is 37.2 Å². The molecule has 106 valence electrons. The number of hydrogen-bond acceptors (Lipinski definition) is 2. The number of halogens is 1. The van der Waals surface area contributed by atoms with Gasteiger partial charge in [0.1, 0.15) is 11.6 Å². The first kappa shape index (κ1) is 14.5. The molecule has 0 bridgehead atoms. The van der Waals surface area contributed by atoms with Crippen LogP contribution in [-0.2, 0) is 6.54 Å². The number of aryl methyl sites for hydroxylation is 1. The van der Waals surface area contributed by atoms with E-state index in [4.69, 9.17) is 4.74 Å². The summed E-state index contributed by atoms with van der Waals surface area (Å²) in [6, 6.07) is 11.2. The number of benzene rings is 2. The van der Waals surface area contributed by atoms with Crippen LogP contribution in [0.25, 0.3) is 11.1 Å². The molecule has 2 nitrogen and oxygen atoms in total. The average molecular weight is 273 g/mol. The summed E-state index contributed by atoms with van der Waals surface area (Å²) in [5.74, 6) is 0.571. The Morgan fingerprint density at radius 2 is 1.95 bits per heavy atom. The molecule has 2 rings (SSSR count). The SMILES string of the molecule is CCNCc1ccc(-c2cc(C)ccc2OC)cc1F. The molecule has 0 aliphatic carbocycles. The molecule has 0 amide bonds. The highest BCUT2D eigenvalue weighted by Gasteiger charge is 2.09. The fourth-order valence-corrected chi connectivity index (χ4v) is 2.17. The highest BCUT2D eigenvalue weighted by molar-refractivity contribution is 5.71. The van der Waals surface area contributed by atoms with Crippen molar-refractivity contribution in [3.05, 3.63) is 53.3 Å². The minimum Gasteiger partial charge on any atom is -0.496 e. The van der Waals surface area contributed by atoms with Crippen LogP contribution in [0.15, 0.2) is 36.4 Å². The molecule has 3 heteroatoms. The Morgan fingerprint density at radius 3 is 2.60 bits per heavy atom. The second-order valence-electron chi connectivity index (χ2n) is 4.79. The lowest BCUT2D eigenvalue weighted by Crippen LogP contribution is -2.12. The smallest absolute Gasteiger partial charge is 0.128 e. The molecule has 0 saturated heterocycles. The van der Waals surface area contributed by atoms with E-state index in [0.717, 1.165) is 29.0 Å². The van der Waals surface area contributed by atoms with Crippen LogP contribution in [0.1, 0.15) is 18.1 Å². The summed E-state index contributed by atoms with van der Waals surface area (Å²) in [7, 11) is 1.63. The van der Waals surface area contributed by atoms with Gasteiger partial charge in [-0.2, -0.15) is 0 Å².